The molecule has 0 saturated carbocycles. The number of rotatable bonds is 13. The van der Waals surface area contributed by atoms with Crippen LogP contribution < -0.4 is 9.62 Å². The van der Waals surface area contributed by atoms with E-state index in [-0.39, 0.29) is 30.6 Å². The van der Waals surface area contributed by atoms with Crippen LogP contribution in [0.1, 0.15) is 31.4 Å². The molecule has 214 valence electrons. The molecule has 0 aliphatic rings. The standard InChI is InChI=1S/C30H37FN4O4S/c1-5-23(2)32-30(37)28(20-24-12-8-6-9-13-24)34(21-25-14-10-7-11-15-25)29(36)22-35(40(38,39)33(3)4)27-18-16-26(31)17-19-27/h6-19,23,28H,5,20-22H2,1-4H3,(H,32,37)/t23-,28-/m0/s1. The zero-order chi connectivity index (χ0) is 29.3. The highest BCUT2D eigenvalue weighted by atomic mass is 32.2. The third kappa shape index (κ3) is 8.12. The van der Waals surface area contributed by atoms with E-state index < -0.39 is 34.5 Å². The molecule has 3 aromatic carbocycles. The van der Waals surface area contributed by atoms with Gasteiger partial charge in [-0.05, 0) is 48.7 Å². The molecule has 0 heterocycles. The lowest BCUT2D eigenvalue weighted by atomic mass is 10.0. The number of benzene rings is 3. The van der Waals surface area contributed by atoms with E-state index in [2.05, 4.69) is 5.32 Å². The molecular weight excluding hydrogens is 531 g/mol. The molecule has 8 nitrogen and oxygen atoms in total. The van der Waals surface area contributed by atoms with Crippen molar-refractivity contribution in [2.45, 2.75) is 45.3 Å². The Kier molecular flexibility index (Phi) is 10.8. The summed E-state index contributed by atoms with van der Waals surface area (Å²) in [4.78, 5) is 29.2. The van der Waals surface area contributed by atoms with Crippen LogP contribution in [0.25, 0.3) is 0 Å². The van der Waals surface area contributed by atoms with E-state index >= 15 is 0 Å². The van der Waals surface area contributed by atoms with Gasteiger partial charge in [-0.2, -0.15) is 12.7 Å². The zero-order valence-corrected chi connectivity index (χ0v) is 24.1. The molecule has 0 radical (unpaired) electrons. The summed E-state index contributed by atoms with van der Waals surface area (Å²) >= 11 is 0. The Hall–Kier alpha value is -3.76. The van der Waals surface area contributed by atoms with Gasteiger partial charge in [-0.3, -0.25) is 9.59 Å². The summed E-state index contributed by atoms with van der Waals surface area (Å²) in [5.74, 6) is -1.43. The summed E-state index contributed by atoms with van der Waals surface area (Å²) in [6.45, 7) is 3.35. The molecule has 40 heavy (non-hydrogen) atoms. The first-order chi connectivity index (χ1) is 19.0. The molecule has 10 heteroatoms. The first-order valence-corrected chi connectivity index (χ1v) is 14.6. The minimum atomic E-state index is -4.14. The van der Waals surface area contributed by atoms with Gasteiger partial charge < -0.3 is 10.2 Å². The number of anilines is 1. The average molecular weight is 569 g/mol. The normalized spacial score (nSPS) is 12.9. The number of hydrogen-bond donors (Lipinski definition) is 1. The van der Waals surface area contributed by atoms with Crippen molar-refractivity contribution in [3.8, 4) is 0 Å². The maximum atomic E-state index is 14.1. The van der Waals surface area contributed by atoms with Crippen LogP contribution in [0.4, 0.5) is 10.1 Å². The van der Waals surface area contributed by atoms with E-state index in [4.69, 9.17) is 0 Å². The van der Waals surface area contributed by atoms with Gasteiger partial charge in [0.05, 0.1) is 5.69 Å². The summed E-state index contributed by atoms with van der Waals surface area (Å²) < 4.78 is 42.2. The van der Waals surface area contributed by atoms with Crippen LogP contribution >= 0.6 is 0 Å². The lowest BCUT2D eigenvalue weighted by Gasteiger charge is -2.35. The molecule has 0 spiro atoms. The van der Waals surface area contributed by atoms with Gasteiger partial charge in [0.2, 0.25) is 11.8 Å². The fraction of sp³-hybridized carbons (Fsp3) is 0.333. The monoisotopic (exact) mass is 568 g/mol. The van der Waals surface area contributed by atoms with Crippen molar-refractivity contribution in [3.05, 3.63) is 102 Å². The highest BCUT2D eigenvalue weighted by molar-refractivity contribution is 7.90. The second-order valence-corrected chi connectivity index (χ2v) is 11.9. The van der Waals surface area contributed by atoms with Gasteiger partial charge in [-0.25, -0.2) is 8.70 Å². The number of nitrogens with one attached hydrogen (secondary N) is 1. The van der Waals surface area contributed by atoms with Crippen molar-refractivity contribution in [1.82, 2.24) is 14.5 Å². The van der Waals surface area contributed by atoms with E-state index in [1.165, 1.54) is 31.1 Å². The van der Waals surface area contributed by atoms with E-state index in [1.807, 2.05) is 74.5 Å². The molecule has 0 bridgehead atoms. The second kappa shape index (κ2) is 14.0. The summed E-state index contributed by atoms with van der Waals surface area (Å²) in [7, 11) is -1.42. The minimum Gasteiger partial charge on any atom is -0.352 e. The summed E-state index contributed by atoms with van der Waals surface area (Å²) in [6, 6.07) is 22.4. The molecule has 3 aromatic rings. The van der Waals surface area contributed by atoms with Crippen LogP contribution in [-0.2, 0) is 32.8 Å². The van der Waals surface area contributed by atoms with E-state index in [1.54, 1.807) is 0 Å². The molecule has 0 aliphatic heterocycles. The van der Waals surface area contributed by atoms with Crippen molar-refractivity contribution < 1.29 is 22.4 Å². The third-order valence-corrected chi connectivity index (χ3v) is 8.42. The number of halogens is 1. The van der Waals surface area contributed by atoms with Crippen LogP contribution in [0.15, 0.2) is 84.9 Å². The van der Waals surface area contributed by atoms with Gasteiger partial charge in [0.1, 0.15) is 18.4 Å². The van der Waals surface area contributed by atoms with Crippen LogP contribution in [0, 0.1) is 5.82 Å². The maximum Gasteiger partial charge on any atom is 0.304 e. The molecule has 1 N–H and O–H groups in total. The number of hydrogen-bond acceptors (Lipinski definition) is 4. The maximum absolute atomic E-state index is 14.1. The van der Waals surface area contributed by atoms with Gasteiger partial charge in [-0.1, -0.05) is 67.6 Å². The van der Waals surface area contributed by atoms with Gasteiger partial charge in [-0.15, -0.1) is 0 Å². The van der Waals surface area contributed by atoms with Crippen LogP contribution in [0.3, 0.4) is 0 Å². The summed E-state index contributed by atoms with van der Waals surface area (Å²) in [6.07, 6.45) is 0.939. The molecule has 0 fully saturated rings. The fourth-order valence-electron chi connectivity index (χ4n) is 4.10. The van der Waals surface area contributed by atoms with Gasteiger partial charge in [0.15, 0.2) is 0 Å². The largest absolute Gasteiger partial charge is 0.352 e. The topological polar surface area (TPSA) is 90.0 Å². The molecule has 0 aromatic heterocycles. The lowest BCUT2D eigenvalue weighted by Crippen LogP contribution is -2.55. The highest BCUT2D eigenvalue weighted by Gasteiger charge is 2.35. The van der Waals surface area contributed by atoms with Gasteiger partial charge in [0.25, 0.3) is 0 Å². The van der Waals surface area contributed by atoms with E-state index in [0.29, 0.717) is 6.42 Å². The van der Waals surface area contributed by atoms with Gasteiger partial charge >= 0.3 is 10.2 Å². The van der Waals surface area contributed by atoms with Crippen LogP contribution in [-0.4, -0.2) is 62.2 Å². The minimum absolute atomic E-state index is 0.0877. The lowest BCUT2D eigenvalue weighted by molar-refractivity contribution is -0.140. The first-order valence-electron chi connectivity index (χ1n) is 13.2. The van der Waals surface area contributed by atoms with Gasteiger partial charge in [0, 0.05) is 33.1 Å². The van der Waals surface area contributed by atoms with E-state index in [9.17, 15) is 22.4 Å². The summed E-state index contributed by atoms with van der Waals surface area (Å²) in [5, 5.41) is 3.00. The smallest absolute Gasteiger partial charge is 0.304 e. The Bertz CT molecular complexity index is 1350. The summed E-state index contributed by atoms with van der Waals surface area (Å²) in [5.41, 5.74) is 1.77. The Morgan fingerprint density at radius 1 is 0.875 bits per heavy atom. The van der Waals surface area contributed by atoms with Crippen molar-refractivity contribution in [2.24, 2.45) is 0 Å². The molecular formula is C30H37FN4O4S. The Morgan fingerprint density at radius 2 is 1.43 bits per heavy atom. The first kappa shape index (κ1) is 30.8. The Morgan fingerprint density at radius 3 is 1.95 bits per heavy atom. The fourth-order valence-corrected chi connectivity index (χ4v) is 5.16. The molecule has 0 unspecified atom stereocenters. The Balaban J connectivity index is 2.07. The highest BCUT2D eigenvalue weighted by Crippen LogP contribution is 2.22. The number of carbonyl (C=O) groups excluding carboxylic acids is 2. The van der Waals surface area contributed by atoms with Crippen molar-refractivity contribution >= 4 is 27.7 Å². The van der Waals surface area contributed by atoms with Crippen molar-refractivity contribution in [3.63, 3.8) is 0 Å². The zero-order valence-electron chi connectivity index (χ0n) is 23.3. The SMILES string of the molecule is CC[C@H](C)NC(=O)[C@H](Cc1ccccc1)N(Cc1ccccc1)C(=O)CN(c1ccc(F)cc1)S(=O)(=O)N(C)C. The number of nitrogens with zero attached hydrogens (tertiary/aromatic N) is 3. The molecule has 3 rings (SSSR count). The van der Waals surface area contributed by atoms with Crippen LogP contribution in [0.5, 0.6) is 0 Å². The second-order valence-electron chi connectivity index (χ2n) is 9.80. The van der Waals surface area contributed by atoms with Crippen molar-refractivity contribution in [2.75, 3.05) is 24.9 Å². The molecule has 0 saturated heterocycles. The number of amides is 2. The van der Waals surface area contributed by atoms with Crippen LogP contribution in [0.2, 0.25) is 0 Å². The predicted molar refractivity (Wildman–Crippen MR) is 155 cm³/mol. The average Bonchev–Trinajstić information content (AvgIpc) is 2.94. The third-order valence-electron chi connectivity index (χ3n) is 6.60. The van der Waals surface area contributed by atoms with Crippen molar-refractivity contribution in [1.29, 1.82) is 0 Å². The Labute approximate surface area is 236 Å². The molecule has 2 atom stereocenters. The quantitative estimate of drug-likeness (QED) is 0.338. The predicted octanol–water partition coefficient (Wildman–Crippen LogP) is 3.99. The molecule has 2 amide bonds. The molecule has 0 aliphatic carbocycles. The number of carbonyl (C=O) groups is 2. The van der Waals surface area contributed by atoms with E-state index in [0.717, 1.165) is 31.9 Å².